The fraction of sp³-hybridized carbons (Fsp3) is 0.417. The number of benzene rings is 2. The molecule has 3 rings (SSSR count). The quantitative estimate of drug-likeness (QED) is 0.688. The number of aryl methyl sites for hydroxylation is 2. The minimum atomic E-state index is -0.287. The molecule has 0 aromatic heterocycles. The summed E-state index contributed by atoms with van der Waals surface area (Å²) >= 11 is 0. The molecule has 1 saturated carbocycles. The summed E-state index contributed by atoms with van der Waals surface area (Å²) in [7, 11) is 0. The fourth-order valence-corrected chi connectivity index (χ4v) is 3.09. The van der Waals surface area contributed by atoms with Crippen LogP contribution in [0.3, 0.4) is 0 Å². The van der Waals surface area contributed by atoms with Gasteiger partial charge in [0.05, 0.1) is 11.1 Å². The smallest absolute Gasteiger partial charge is 0.338 e. The van der Waals surface area contributed by atoms with Crippen LogP contribution in [0.2, 0.25) is 0 Å². The summed E-state index contributed by atoms with van der Waals surface area (Å²) in [6.45, 7) is 7.96. The third-order valence-electron chi connectivity index (χ3n) is 4.74. The summed E-state index contributed by atoms with van der Waals surface area (Å²) in [4.78, 5) is 24.4. The van der Waals surface area contributed by atoms with Crippen LogP contribution in [0.5, 0.6) is 0 Å². The Morgan fingerprint density at radius 2 is 0.931 bits per heavy atom. The minimum Gasteiger partial charge on any atom is -0.459 e. The lowest BCUT2D eigenvalue weighted by molar-refractivity contribution is -0.0108. The molecule has 0 spiro atoms. The van der Waals surface area contributed by atoms with Crippen molar-refractivity contribution >= 4 is 11.9 Å². The van der Waals surface area contributed by atoms with E-state index in [2.05, 4.69) is 0 Å². The predicted octanol–water partition coefficient (Wildman–Crippen LogP) is 4.83. The first-order valence-electron chi connectivity index (χ1n) is 10.1. The van der Waals surface area contributed by atoms with Crippen LogP contribution in [0.4, 0.5) is 0 Å². The van der Waals surface area contributed by atoms with Crippen molar-refractivity contribution < 1.29 is 24.5 Å². The average Bonchev–Trinajstić information content (AvgIpc) is 2.72. The third kappa shape index (κ3) is 7.35. The monoisotopic (exact) mass is 400 g/mol. The first kappa shape index (κ1) is 24.4. The van der Waals surface area contributed by atoms with Crippen LogP contribution in [0.25, 0.3) is 0 Å². The van der Waals surface area contributed by atoms with Gasteiger partial charge >= 0.3 is 11.9 Å². The van der Waals surface area contributed by atoms with Crippen LogP contribution in [0, 0.1) is 13.8 Å². The Morgan fingerprint density at radius 1 is 0.655 bits per heavy atom. The van der Waals surface area contributed by atoms with Crippen molar-refractivity contribution in [1.29, 1.82) is 0 Å². The Hall–Kier alpha value is -2.66. The van der Waals surface area contributed by atoms with Crippen molar-refractivity contribution in [2.75, 3.05) is 0 Å². The van der Waals surface area contributed by atoms with E-state index in [9.17, 15) is 9.59 Å². The van der Waals surface area contributed by atoms with E-state index in [4.69, 9.17) is 9.47 Å². The maximum atomic E-state index is 12.2. The van der Waals surface area contributed by atoms with E-state index in [1.807, 2.05) is 52.0 Å². The summed E-state index contributed by atoms with van der Waals surface area (Å²) in [5.41, 5.74) is 3.36. The summed E-state index contributed by atoms with van der Waals surface area (Å²) in [6, 6.07) is 14.7. The summed E-state index contributed by atoms with van der Waals surface area (Å²) in [5.74, 6) is -0.574. The normalized spacial score (nSPS) is 17.8. The lowest BCUT2D eigenvalue weighted by atomic mass is 9.94. The highest BCUT2D eigenvalue weighted by atomic mass is 16.6. The highest BCUT2D eigenvalue weighted by molar-refractivity contribution is 5.90. The molecule has 0 saturated heterocycles. The number of ether oxygens (including phenoxy) is 2. The van der Waals surface area contributed by atoms with Gasteiger partial charge in [0.1, 0.15) is 12.2 Å². The lowest BCUT2D eigenvalue weighted by Crippen LogP contribution is -2.29. The molecule has 1 fully saturated rings. The molecule has 1 aliphatic carbocycles. The summed E-state index contributed by atoms with van der Waals surface area (Å²) < 4.78 is 11.2. The van der Waals surface area contributed by atoms with Gasteiger partial charge in [0.25, 0.3) is 0 Å². The van der Waals surface area contributed by atoms with Gasteiger partial charge in [-0.3, -0.25) is 0 Å². The SMILES string of the molecule is CC.Cc1ccc(C(=O)OC2CCC(OC(=O)c3ccc(C)cc3)CC2)cc1.O. The van der Waals surface area contributed by atoms with Gasteiger partial charge in [-0.2, -0.15) is 0 Å². The second-order valence-corrected chi connectivity index (χ2v) is 6.94. The van der Waals surface area contributed by atoms with Crippen molar-refractivity contribution in [1.82, 2.24) is 0 Å². The number of carbonyl (C=O) groups is 2. The van der Waals surface area contributed by atoms with Crippen molar-refractivity contribution in [2.45, 2.75) is 65.6 Å². The van der Waals surface area contributed by atoms with Gasteiger partial charge in [0, 0.05) is 0 Å². The highest BCUT2D eigenvalue weighted by Crippen LogP contribution is 2.25. The molecular weight excluding hydrogens is 368 g/mol. The van der Waals surface area contributed by atoms with Crippen LogP contribution in [0.15, 0.2) is 48.5 Å². The zero-order valence-corrected chi connectivity index (χ0v) is 17.7. The van der Waals surface area contributed by atoms with Crippen LogP contribution in [0.1, 0.15) is 71.4 Å². The van der Waals surface area contributed by atoms with E-state index >= 15 is 0 Å². The average molecular weight is 401 g/mol. The molecule has 29 heavy (non-hydrogen) atoms. The Labute approximate surface area is 173 Å². The molecule has 0 amide bonds. The molecule has 0 bridgehead atoms. The Bertz CT molecular complexity index is 689. The molecule has 0 radical (unpaired) electrons. The van der Waals surface area contributed by atoms with Gasteiger partial charge in [0.2, 0.25) is 0 Å². The summed E-state index contributed by atoms with van der Waals surface area (Å²) in [5, 5.41) is 0. The highest BCUT2D eigenvalue weighted by Gasteiger charge is 2.27. The molecule has 158 valence electrons. The van der Waals surface area contributed by atoms with E-state index in [1.165, 1.54) is 0 Å². The van der Waals surface area contributed by atoms with E-state index in [1.54, 1.807) is 24.3 Å². The molecule has 1 aliphatic rings. The fourth-order valence-electron chi connectivity index (χ4n) is 3.09. The molecular formula is C24H32O5. The zero-order valence-electron chi connectivity index (χ0n) is 17.7. The number of rotatable bonds is 4. The maximum Gasteiger partial charge on any atom is 0.338 e. The first-order chi connectivity index (χ1) is 13.5. The van der Waals surface area contributed by atoms with E-state index in [-0.39, 0.29) is 29.6 Å². The zero-order chi connectivity index (χ0) is 20.5. The van der Waals surface area contributed by atoms with Gasteiger partial charge in [-0.15, -0.1) is 0 Å². The van der Waals surface area contributed by atoms with Gasteiger partial charge < -0.3 is 14.9 Å². The standard InChI is InChI=1S/C22H24O4.C2H6.H2O/c1-15-3-7-17(8-4-15)21(23)25-19-11-13-20(14-12-19)26-22(24)18-9-5-16(2)6-10-18;1-2;/h3-10,19-20H,11-14H2,1-2H3;1-2H3;1H2. The van der Waals surface area contributed by atoms with E-state index in [0.29, 0.717) is 36.8 Å². The van der Waals surface area contributed by atoms with Crippen molar-refractivity contribution in [2.24, 2.45) is 0 Å². The topological polar surface area (TPSA) is 84.1 Å². The molecule has 0 heterocycles. The number of esters is 2. The van der Waals surface area contributed by atoms with E-state index < -0.39 is 0 Å². The van der Waals surface area contributed by atoms with Crippen molar-refractivity contribution in [3.63, 3.8) is 0 Å². The molecule has 5 heteroatoms. The van der Waals surface area contributed by atoms with Crippen LogP contribution in [-0.4, -0.2) is 29.6 Å². The van der Waals surface area contributed by atoms with Crippen LogP contribution < -0.4 is 0 Å². The number of carbonyl (C=O) groups excluding carboxylic acids is 2. The Balaban J connectivity index is 0.00000136. The number of hydrogen-bond acceptors (Lipinski definition) is 4. The molecule has 0 unspecified atom stereocenters. The second-order valence-electron chi connectivity index (χ2n) is 6.94. The largest absolute Gasteiger partial charge is 0.459 e. The Kier molecular flexibility index (Phi) is 10.1. The minimum absolute atomic E-state index is 0. The van der Waals surface area contributed by atoms with Crippen molar-refractivity contribution in [3.05, 3.63) is 70.8 Å². The molecule has 0 atom stereocenters. The number of hydrogen-bond donors (Lipinski definition) is 0. The first-order valence-corrected chi connectivity index (χ1v) is 10.1. The predicted molar refractivity (Wildman–Crippen MR) is 114 cm³/mol. The molecule has 2 aromatic rings. The van der Waals surface area contributed by atoms with Crippen molar-refractivity contribution in [3.8, 4) is 0 Å². The Morgan fingerprint density at radius 3 is 1.21 bits per heavy atom. The maximum absolute atomic E-state index is 12.2. The second kappa shape index (κ2) is 12.0. The van der Waals surface area contributed by atoms with Crippen LogP contribution in [-0.2, 0) is 9.47 Å². The van der Waals surface area contributed by atoms with Gasteiger partial charge in [-0.25, -0.2) is 9.59 Å². The molecule has 5 nitrogen and oxygen atoms in total. The molecule has 2 N–H and O–H groups in total. The van der Waals surface area contributed by atoms with Crippen LogP contribution >= 0.6 is 0 Å². The summed E-state index contributed by atoms with van der Waals surface area (Å²) in [6.07, 6.45) is 2.62. The van der Waals surface area contributed by atoms with Gasteiger partial charge in [-0.05, 0) is 63.8 Å². The third-order valence-corrected chi connectivity index (χ3v) is 4.74. The van der Waals surface area contributed by atoms with Gasteiger partial charge in [-0.1, -0.05) is 49.2 Å². The molecule has 0 aliphatic heterocycles. The van der Waals surface area contributed by atoms with E-state index in [0.717, 1.165) is 11.1 Å². The van der Waals surface area contributed by atoms with Gasteiger partial charge in [0.15, 0.2) is 0 Å². The lowest BCUT2D eigenvalue weighted by Gasteiger charge is -2.28. The molecule has 2 aromatic carbocycles.